The summed E-state index contributed by atoms with van der Waals surface area (Å²) in [5.74, 6) is -0.101. The zero-order chi connectivity index (χ0) is 23.4. The first-order valence-corrected chi connectivity index (χ1v) is 10.8. The maximum Gasteiger partial charge on any atom is 0.299 e. The minimum absolute atomic E-state index is 0.0883. The molecule has 0 radical (unpaired) electrons. The van der Waals surface area contributed by atoms with E-state index in [0.717, 1.165) is 25.9 Å². The highest BCUT2D eigenvalue weighted by molar-refractivity contribution is 5.80. The van der Waals surface area contributed by atoms with Crippen LogP contribution in [0.4, 0.5) is 4.39 Å². The van der Waals surface area contributed by atoms with Gasteiger partial charge in [0.15, 0.2) is 11.6 Å². The molecule has 0 unspecified atom stereocenters. The first kappa shape index (κ1) is 22.5. The average Bonchev–Trinajstić information content (AvgIpc) is 2.85. The summed E-state index contributed by atoms with van der Waals surface area (Å²) in [4.78, 5) is 18.1. The molecule has 3 aromatic rings. The van der Waals surface area contributed by atoms with Gasteiger partial charge in [-0.25, -0.2) is 4.39 Å². The molecule has 0 aliphatic carbocycles. The number of aromatic nitrogens is 2. The second-order valence-electron chi connectivity index (χ2n) is 8.03. The van der Waals surface area contributed by atoms with Crippen molar-refractivity contribution in [3.05, 3.63) is 64.2 Å². The van der Waals surface area contributed by atoms with Crippen molar-refractivity contribution < 1.29 is 13.9 Å². The number of hydrogen-bond acceptors (Lipinski definition) is 6. The summed E-state index contributed by atoms with van der Waals surface area (Å²) in [5.41, 5.74) is 1.76. The average molecular weight is 448 g/mol. The molecule has 0 atom stereocenters. The largest absolute Gasteiger partial charge is 0.494 e. The fourth-order valence-corrected chi connectivity index (χ4v) is 3.95. The summed E-state index contributed by atoms with van der Waals surface area (Å²) in [5, 5.41) is 12.5. The molecule has 0 bridgehead atoms. The minimum Gasteiger partial charge on any atom is -0.494 e. The van der Waals surface area contributed by atoms with Crippen molar-refractivity contribution >= 4 is 0 Å². The van der Waals surface area contributed by atoms with E-state index in [-0.39, 0.29) is 22.9 Å². The lowest BCUT2D eigenvalue weighted by molar-refractivity contribution is 0.195. The molecule has 7 nitrogen and oxygen atoms in total. The third kappa shape index (κ3) is 4.73. The van der Waals surface area contributed by atoms with E-state index in [1.54, 1.807) is 37.4 Å². The van der Waals surface area contributed by atoms with Gasteiger partial charge in [0, 0.05) is 12.6 Å². The van der Waals surface area contributed by atoms with Gasteiger partial charge >= 0.3 is 0 Å². The Morgan fingerprint density at radius 1 is 1.18 bits per heavy atom. The lowest BCUT2D eigenvalue weighted by Gasteiger charge is -2.23. The zero-order valence-corrected chi connectivity index (χ0v) is 18.6. The number of benzene rings is 2. The zero-order valence-electron chi connectivity index (χ0n) is 18.6. The van der Waals surface area contributed by atoms with Gasteiger partial charge < -0.3 is 14.8 Å². The molecule has 1 fully saturated rings. The van der Waals surface area contributed by atoms with E-state index in [2.05, 4.69) is 16.4 Å². The Morgan fingerprint density at radius 3 is 2.52 bits per heavy atom. The predicted molar refractivity (Wildman–Crippen MR) is 123 cm³/mol. The molecular weight excluding hydrogens is 423 g/mol. The van der Waals surface area contributed by atoms with Crippen molar-refractivity contribution in [1.29, 1.82) is 5.26 Å². The molecule has 1 aromatic heterocycles. The van der Waals surface area contributed by atoms with E-state index in [4.69, 9.17) is 14.7 Å². The van der Waals surface area contributed by atoms with Gasteiger partial charge in [-0.15, -0.1) is 0 Å². The van der Waals surface area contributed by atoms with Gasteiger partial charge in [-0.1, -0.05) is 18.2 Å². The molecule has 0 saturated carbocycles. The standard InChI is InChI=1S/C25H25FN4O3/c1-30-24(31)22(19-7-8-21(32-2)20(26)13-19)23(18-5-3-16(14-27)4-6-18)29-25(30)33-15-17-9-11-28-12-10-17/h3-8,13,17,28H,9-12,15H2,1-2H3. The highest BCUT2D eigenvalue weighted by Crippen LogP contribution is 2.32. The molecule has 2 heterocycles. The molecular formula is C25H25FN4O3. The number of halogens is 1. The van der Waals surface area contributed by atoms with Crippen LogP contribution in [0, 0.1) is 23.1 Å². The number of nitrogens with one attached hydrogen (secondary N) is 1. The molecule has 1 saturated heterocycles. The van der Waals surface area contributed by atoms with Crippen molar-refractivity contribution in [1.82, 2.24) is 14.9 Å². The summed E-state index contributed by atoms with van der Waals surface area (Å²) in [6, 6.07) is 13.4. The molecule has 2 aromatic carbocycles. The highest BCUT2D eigenvalue weighted by atomic mass is 19.1. The van der Waals surface area contributed by atoms with E-state index in [1.807, 2.05) is 0 Å². The first-order chi connectivity index (χ1) is 16.0. The summed E-state index contributed by atoms with van der Waals surface area (Å²) in [6.07, 6.45) is 2.00. The van der Waals surface area contributed by atoms with Crippen molar-refractivity contribution in [3.63, 3.8) is 0 Å². The molecule has 0 amide bonds. The second kappa shape index (κ2) is 9.84. The summed E-state index contributed by atoms with van der Waals surface area (Å²) < 4.78 is 26.8. The SMILES string of the molecule is COc1ccc(-c2c(-c3ccc(C#N)cc3)nc(OCC3CCNCC3)n(C)c2=O)cc1F. The molecule has 33 heavy (non-hydrogen) atoms. The summed E-state index contributed by atoms with van der Waals surface area (Å²) in [6.45, 7) is 2.35. The van der Waals surface area contributed by atoms with Gasteiger partial charge in [0.2, 0.25) is 0 Å². The van der Waals surface area contributed by atoms with Crippen LogP contribution in [0.15, 0.2) is 47.3 Å². The Kier molecular flexibility index (Phi) is 6.71. The van der Waals surface area contributed by atoms with Crippen LogP contribution in [0.1, 0.15) is 18.4 Å². The van der Waals surface area contributed by atoms with Crippen LogP contribution < -0.4 is 20.3 Å². The molecule has 1 aliphatic rings. The van der Waals surface area contributed by atoms with Crippen LogP contribution in [-0.4, -0.2) is 36.4 Å². The van der Waals surface area contributed by atoms with Crippen molar-refractivity contribution in [2.24, 2.45) is 13.0 Å². The van der Waals surface area contributed by atoms with Crippen LogP contribution in [0.25, 0.3) is 22.4 Å². The first-order valence-electron chi connectivity index (χ1n) is 10.8. The van der Waals surface area contributed by atoms with Crippen LogP contribution in [0.5, 0.6) is 11.8 Å². The van der Waals surface area contributed by atoms with E-state index in [1.165, 1.54) is 23.8 Å². The Balaban J connectivity index is 1.82. The van der Waals surface area contributed by atoms with Gasteiger partial charge in [-0.3, -0.25) is 9.36 Å². The molecule has 170 valence electrons. The number of nitrogens with zero attached hydrogens (tertiary/aromatic N) is 3. The van der Waals surface area contributed by atoms with Gasteiger partial charge in [-0.05, 0) is 61.7 Å². The van der Waals surface area contributed by atoms with E-state index >= 15 is 0 Å². The Labute approximate surface area is 191 Å². The maximum absolute atomic E-state index is 14.5. The van der Waals surface area contributed by atoms with Gasteiger partial charge in [0.05, 0.1) is 36.6 Å². The highest BCUT2D eigenvalue weighted by Gasteiger charge is 2.21. The maximum atomic E-state index is 14.5. The summed E-state index contributed by atoms with van der Waals surface area (Å²) >= 11 is 0. The Hall–Kier alpha value is -3.70. The van der Waals surface area contributed by atoms with Crippen LogP contribution in [0.3, 0.4) is 0 Å². The molecule has 0 spiro atoms. The third-order valence-electron chi connectivity index (χ3n) is 5.88. The lowest BCUT2D eigenvalue weighted by Crippen LogP contribution is -2.31. The Bertz CT molecular complexity index is 1240. The van der Waals surface area contributed by atoms with Crippen molar-refractivity contribution in [2.45, 2.75) is 12.8 Å². The third-order valence-corrected chi connectivity index (χ3v) is 5.88. The smallest absolute Gasteiger partial charge is 0.299 e. The fourth-order valence-electron chi connectivity index (χ4n) is 3.95. The molecule has 1 aliphatic heterocycles. The van der Waals surface area contributed by atoms with Gasteiger partial charge in [0.1, 0.15) is 0 Å². The number of ether oxygens (including phenoxy) is 2. The number of piperidine rings is 1. The summed E-state index contributed by atoms with van der Waals surface area (Å²) in [7, 11) is 2.98. The number of rotatable bonds is 6. The molecule has 8 heteroatoms. The monoisotopic (exact) mass is 448 g/mol. The van der Waals surface area contributed by atoms with Crippen LogP contribution >= 0.6 is 0 Å². The van der Waals surface area contributed by atoms with E-state index in [9.17, 15) is 9.18 Å². The van der Waals surface area contributed by atoms with Gasteiger partial charge in [0.25, 0.3) is 11.6 Å². The fraction of sp³-hybridized carbons (Fsp3) is 0.320. The van der Waals surface area contributed by atoms with Crippen molar-refractivity contribution in [2.75, 3.05) is 26.8 Å². The number of nitriles is 1. The predicted octanol–water partition coefficient (Wildman–Crippen LogP) is 3.51. The van der Waals surface area contributed by atoms with E-state index < -0.39 is 5.82 Å². The topological polar surface area (TPSA) is 89.2 Å². The lowest BCUT2D eigenvalue weighted by atomic mass is 9.99. The quantitative estimate of drug-likeness (QED) is 0.621. The van der Waals surface area contributed by atoms with Gasteiger partial charge in [-0.2, -0.15) is 10.2 Å². The van der Waals surface area contributed by atoms with Crippen LogP contribution in [-0.2, 0) is 7.05 Å². The second-order valence-corrected chi connectivity index (χ2v) is 8.03. The number of hydrogen-bond donors (Lipinski definition) is 1. The Morgan fingerprint density at radius 2 is 1.88 bits per heavy atom. The van der Waals surface area contributed by atoms with Crippen LogP contribution in [0.2, 0.25) is 0 Å². The molecule has 1 N–H and O–H groups in total. The number of methoxy groups -OCH3 is 1. The minimum atomic E-state index is -0.575. The molecule has 4 rings (SSSR count). The van der Waals surface area contributed by atoms with E-state index in [0.29, 0.717) is 34.9 Å². The normalized spacial score (nSPS) is 14.0. The van der Waals surface area contributed by atoms with Crippen molar-refractivity contribution in [3.8, 4) is 40.2 Å².